The van der Waals surface area contributed by atoms with E-state index in [1.54, 1.807) is 22.8 Å². The molecule has 2 aromatic rings. The molecule has 0 amide bonds. The molecule has 1 aliphatic heterocycles. The van der Waals surface area contributed by atoms with Gasteiger partial charge in [-0.25, -0.2) is 14.3 Å². The third kappa shape index (κ3) is 2.73. The molecule has 0 atom stereocenters. The van der Waals surface area contributed by atoms with Crippen LogP contribution in [0, 0.1) is 5.92 Å². The van der Waals surface area contributed by atoms with Gasteiger partial charge in [0.05, 0.1) is 5.56 Å². The van der Waals surface area contributed by atoms with E-state index in [1.165, 1.54) is 24.3 Å². The van der Waals surface area contributed by atoms with E-state index in [0.717, 1.165) is 12.2 Å². The highest BCUT2D eigenvalue weighted by Crippen LogP contribution is 2.25. The Labute approximate surface area is 115 Å². The summed E-state index contributed by atoms with van der Waals surface area (Å²) in [6.07, 6.45) is 5.00. The average molecular weight is 277 g/mol. The van der Waals surface area contributed by atoms with Gasteiger partial charge in [-0.05, 0) is 42.4 Å². The largest absolute Gasteiger partial charge is 0.478 e. The molecule has 0 saturated carbocycles. The summed E-state index contributed by atoms with van der Waals surface area (Å²) in [6.45, 7) is 0. The molecule has 0 spiro atoms. The van der Waals surface area contributed by atoms with Crippen molar-refractivity contribution in [3.05, 3.63) is 29.7 Å². The number of hydrogen-bond donors (Lipinski definition) is 1. The first-order valence-corrected chi connectivity index (χ1v) is 7.54. The van der Waals surface area contributed by atoms with Gasteiger partial charge in [-0.2, -0.15) is 16.9 Å². The molecule has 100 valence electrons. The van der Waals surface area contributed by atoms with Crippen LogP contribution in [0.25, 0.3) is 5.65 Å². The molecule has 0 radical (unpaired) electrons. The molecule has 1 fully saturated rings. The normalized spacial score (nSPS) is 16.8. The lowest BCUT2D eigenvalue weighted by Gasteiger charge is -2.19. The van der Waals surface area contributed by atoms with Crippen LogP contribution in [0.15, 0.2) is 18.3 Å². The standard InChI is InChI=1S/C13H15N3O2S/c17-13(18)10-1-4-16-12(8-10)14-11(15-16)7-9-2-5-19-6-3-9/h1,4,8-9H,2-3,5-7H2,(H,17,18). The van der Waals surface area contributed by atoms with E-state index in [2.05, 4.69) is 10.1 Å². The first kappa shape index (κ1) is 12.5. The van der Waals surface area contributed by atoms with E-state index >= 15 is 0 Å². The second kappa shape index (κ2) is 5.21. The van der Waals surface area contributed by atoms with Gasteiger partial charge in [-0.3, -0.25) is 0 Å². The van der Waals surface area contributed by atoms with Crippen LogP contribution >= 0.6 is 11.8 Å². The maximum atomic E-state index is 10.9. The molecular weight excluding hydrogens is 262 g/mol. The number of carboxylic acid groups (broad SMARTS) is 1. The Morgan fingerprint density at radius 2 is 2.26 bits per heavy atom. The van der Waals surface area contributed by atoms with Gasteiger partial charge in [-0.1, -0.05) is 0 Å². The van der Waals surface area contributed by atoms with Crippen LogP contribution in [0.4, 0.5) is 0 Å². The molecule has 0 aromatic carbocycles. The summed E-state index contributed by atoms with van der Waals surface area (Å²) in [5.41, 5.74) is 0.862. The number of aromatic carboxylic acids is 1. The fraction of sp³-hybridized carbons (Fsp3) is 0.462. The first-order chi connectivity index (χ1) is 9.22. The first-order valence-electron chi connectivity index (χ1n) is 6.39. The molecule has 1 saturated heterocycles. The molecule has 1 N–H and O–H groups in total. The number of thioether (sulfide) groups is 1. The zero-order valence-electron chi connectivity index (χ0n) is 10.5. The molecule has 2 aromatic heterocycles. The van der Waals surface area contributed by atoms with Crippen molar-refractivity contribution in [3.8, 4) is 0 Å². The summed E-state index contributed by atoms with van der Waals surface area (Å²) < 4.78 is 1.65. The molecular formula is C13H15N3O2S. The zero-order chi connectivity index (χ0) is 13.2. The zero-order valence-corrected chi connectivity index (χ0v) is 11.3. The number of aromatic nitrogens is 3. The minimum absolute atomic E-state index is 0.250. The highest BCUT2D eigenvalue weighted by molar-refractivity contribution is 7.99. The van der Waals surface area contributed by atoms with Crippen molar-refractivity contribution in [2.75, 3.05) is 11.5 Å². The molecule has 6 heteroatoms. The van der Waals surface area contributed by atoms with Gasteiger partial charge in [0.2, 0.25) is 0 Å². The van der Waals surface area contributed by atoms with Crippen LogP contribution in [-0.2, 0) is 6.42 Å². The van der Waals surface area contributed by atoms with Gasteiger partial charge in [0.25, 0.3) is 0 Å². The third-order valence-corrected chi connectivity index (χ3v) is 4.49. The monoisotopic (exact) mass is 277 g/mol. The van der Waals surface area contributed by atoms with E-state index in [4.69, 9.17) is 5.11 Å². The Morgan fingerprint density at radius 1 is 1.47 bits per heavy atom. The van der Waals surface area contributed by atoms with Crippen LogP contribution < -0.4 is 0 Å². The summed E-state index contributed by atoms with van der Waals surface area (Å²) >= 11 is 2.01. The fourth-order valence-corrected chi connectivity index (χ4v) is 3.56. The predicted octanol–water partition coefficient (Wildman–Crippen LogP) is 2.11. The average Bonchev–Trinajstić information content (AvgIpc) is 2.80. The van der Waals surface area contributed by atoms with Gasteiger partial charge >= 0.3 is 5.97 Å². The van der Waals surface area contributed by atoms with E-state index in [0.29, 0.717) is 11.6 Å². The second-order valence-corrected chi connectivity index (χ2v) is 6.04. The molecule has 1 aliphatic rings. The maximum absolute atomic E-state index is 10.9. The third-order valence-electron chi connectivity index (χ3n) is 3.44. The van der Waals surface area contributed by atoms with Crippen molar-refractivity contribution in [1.82, 2.24) is 14.6 Å². The number of carbonyl (C=O) groups is 1. The van der Waals surface area contributed by atoms with Crippen molar-refractivity contribution in [1.29, 1.82) is 0 Å². The van der Waals surface area contributed by atoms with Gasteiger partial charge < -0.3 is 5.11 Å². The number of rotatable bonds is 3. The molecule has 19 heavy (non-hydrogen) atoms. The van der Waals surface area contributed by atoms with Crippen molar-refractivity contribution in [2.45, 2.75) is 19.3 Å². The Balaban J connectivity index is 1.82. The summed E-state index contributed by atoms with van der Waals surface area (Å²) in [5, 5.41) is 13.4. The quantitative estimate of drug-likeness (QED) is 0.930. The van der Waals surface area contributed by atoms with Crippen LogP contribution in [0.2, 0.25) is 0 Å². The van der Waals surface area contributed by atoms with Gasteiger partial charge in [0.1, 0.15) is 0 Å². The summed E-state index contributed by atoms with van der Waals surface area (Å²) in [4.78, 5) is 15.3. The maximum Gasteiger partial charge on any atom is 0.335 e. The summed E-state index contributed by atoms with van der Waals surface area (Å²) in [7, 11) is 0. The van der Waals surface area contributed by atoms with Gasteiger partial charge in [-0.15, -0.1) is 0 Å². The number of hydrogen-bond acceptors (Lipinski definition) is 4. The van der Waals surface area contributed by atoms with Crippen LogP contribution in [0.3, 0.4) is 0 Å². The number of fused-ring (bicyclic) bond motifs is 1. The van der Waals surface area contributed by atoms with Crippen LogP contribution in [-0.4, -0.2) is 37.2 Å². The van der Waals surface area contributed by atoms with E-state index < -0.39 is 5.97 Å². The molecule has 5 nitrogen and oxygen atoms in total. The Morgan fingerprint density at radius 3 is 3.00 bits per heavy atom. The lowest BCUT2D eigenvalue weighted by Crippen LogP contribution is -2.13. The highest BCUT2D eigenvalue weighted by atomic mass is 32.2. The minimum Gasteiger partial charge on any atom is -0.478 e. The topological polar surface area (TPSA) is 67.5 Å². The Bertz CT molecular complexity index is 605. The summed E-state index contributed by atoms with van der Waals surface area (Å²) in [5.74, 6) is 3.00. The highest BCUT2D eigenvalue weighted by Gasteiger charge is 2.17. The summed E-state index contributed by atoms with van der Waals surface area (Å²) in [6, 6.07) is 3.11. The minimum atomic E-state index is -0.934. The van der Waals surface area contributed by atoms with E-state index in [1.807, 2.05) is 11.8 Å². The van der Waals surface area contributed by atoms with Crippen molar-refractivity contribution < 1.29 is 9.90 Å². The number of nitrogens with zero attached hydrogens (tertiary/aromatic N) is 3. The molecule has 0 unspecified atom stereocenters. The molecule has 0 aliphatic carbocycles. The fourth-order valence-electron chi connectivity index (χ4n) is 2.36. The SMILES string of the molecule is O=C(O)c1ccn2nc(CC3CCSCC3)nc2c1. The smallest absolute Gasteiger partial charge is 0.335 e. The van der Waals surface area contributed by atoms with Crippen molar-refractivity contribution >= 4 is 23.4 Å². The molecule has 3 heterocycles. The predicted molar refractivity (Wildman–Crippen MR) is 73.7 cm³/mol. The van der Waals surface area contributed by atoms with E-state index in [9.17, 15) is 4.79 Å². The Hall–Kier alpha value is -1.56. The molecule has 0 bridgehead atoms. The Kier molecular flexibility index (Phi) is 3.42. The van der Waals surface area contributed by atoms with Gasteiger partial charge in [0, 0.05) is 12.6 Å². The second-order valence-electron chi connectivity index (χ2n) is 4.81. The van der Waals surface area contributed by atoms with Crippen LogP contribution in [0.5, 0.6) is 0 Å². The lowest BCUT2D eigenvalue weighted by molar-refractivity contribution is 0.0697. The van der Waals surface area contributed by atoms with Crippen LogP contribution in [0.1, 0.15) is 29.0 Å². The molecule has 3 rings (SSSR count). The lowest BCUT2D eigenvalue weighted by atomic mass is 9.99. The number of carboxylic acids is 1. The number of pyridine rings is 1. The van der Waals surface area contributed by atoms with Crippen molar-refractivity contribution in [2.24, 2.45) is 5.92 Å². The van der Waals surface area contributed by atoms with E-state index in [-0.39, 0.29) is 5.56 Å². The van der Waals surface area contributed by atoms with Crippen molar-refractivity contribution in [3.63, 3.8) is 0 Å². The van der Waals surface area contributed by atoms with Gasteiger partial charge in [0.15, 0.2) is 11.5 Å².